The lowest BCUT2D eigenvalue weighted by Gasteiger charge is -2.16. The van der Waals surface area contributed by atoms with Crippen molar-refractivity contribution in [1.82, 2.24) is 4.13 Å². The first-order chi connectivity index (χ1) is 11.4. The van der Waals surface area contributed by atoms with E-state index in [9.17, 15) is 25.6 Å². The fraction of sp³-hybridized carbons (Fsp3) is 0.143. The van der Waals surface area contributed by atoms with Crippen molar-refractivity contribution in [3.05, 3.63) is 57.5 Å². The lowest BCUT2D eigenvalue weighted by molar-refractivity contribution is 0.0144. The lowest BCUT2D eigenvalue weighted by atomic mass is 10.1. The molecular weight excluding hydrogens is 464 g/mol. The van der Waals surface area contributed by atoms with E-state index in [1.165, 1.54) is 34.5 Å². The molecule has 0 aromatic heterocycles. The molecule has 0 aliphatic carbocycles. The highest BCUT2D eigenvalue weighted by Crippen LogP contribution is 2.34. The quantitative estimate of drug-likeness (QED) is 0.713. The van der Waals surface area contributed by atoms with Crippen LogP contribution in [0.1, 0.15) is 12.5 Å². The normalized spacial score (nSPS) is 13.0. The number of alkyl halides is 2. The average Bonchev–Trinajstić information content (AvgIpc) is 2.44. The summed E-state index contributed by atoms with van der Waals surface area (Å²) in [5.41, 5.74) is -0.823. The molecule has 0 amide bonds. The molecule has 2 aromatic rings. The third kappa shape index (κ3) is 4.37. The van der Waals surface area contributed by atoms with Gasteiger partial charge < -0.3 is 0 Å². The highest BCUT2D eigenvalue weighted by Gasteiger charge is 2.35. The maximum Gasteiger partial charge on any atom is 0.271 e. The maximum atomic E-state index is 13.7. The van der Waals surface area contributed by atoms with E-state index in [0.29, 0.717) is 6.92 Å². The molecule has 136 valence electrons. The van der Waals surface area contributed by atoms with Gasteiger partial charge in [0.1, 0.15) is 4.90 Å². The maximum absolute atomic E-state index is 13.7. The van der Waals surface area contributed by atoms with E-state index in [1.54, 1.807) is 0 Å². The SMILES string of the molecule is CC(F)(F)c1ccccc1S(=O)(=O)NS(=O)(=O)c1c(Cl)cccc1Br. The molecule has 0 saturated heterocycles. The smallest absolute Gasteiger partial charge is 0.206 e. The minimum atomic E-state index is -4.81. The molecule has 0 aliphatic heterocycles. The number of rotatable bonds is 5. The minimum Gasteiger partial charge on any atom is -0.206 e. The minimum absolute atomic E-state index is 0.0248. The molecule has 2 rings (SSSR count). The van der Waals surface area contributed by atoms with Crippen LogP contribution in [0.15, 0.2) is 56.7 Å². The van der Waals surface area contributed by atoms with Crippen LogP contribution >= 0.6 is 27.5 Å². The van der Waals surface area contributed by atoms with Gasteiger partial charge in [-0.3, -0.25) is 0 Å². The molecule has 0 atom stereocenters. The summed E-state index contributed by atoms with van der Waals surface area (Å²) in [4.78, 5) is -1.35. The third-order valence-corrected chi connectivity index (χ3v) is 8.07. The van der Waals surface area contributed by atoms with Crippen molar-refractivity contribution in [2.75, 3.05) is 0 Å². The molecule has 5 nitrogen and oxygen atoms in total. The van der Waals surface area contributed by atoms with E-state index in [-0.39, 0.29) is 9.50 Å². The number of nitrogens with one attached hydrogen (secondary N) is 1. The van der Waals surface area contributed by atoms with Gasteiger partial charge in [-0.15, -0.1) is 4.13 Å². The summed E-state index contributed by atoms with van der Waals surface area (Å²) in [5.74, 6) is -3.49. The van der Waals surface area contributed by atoms with Crippen LogP contribution in [0.5, 0.6) is 0 Å². The van der Waals surface area contributed by atoms with E-state index < -0.39 is 41.3 Å². The Balaban J connectivity index is 2.57. The van der Waals surface area contributed by atoms with Gasteiger partial charge in [0.2, 0.25) is 0 Å². The number of benzene rings is 2. The Morgan fingerprint density at radius 3 is 2.16 bits per heavy atom. The first-order valence-corrected chi connectivity index (χ1v) is 10.7. The molecule has 0 unspecified atom stereocenters. The topological polar surface area (TPSA) is 80.3 Å². The summed E-state index contributed by atoms with van der Waals surface area (Å²) < 4.78 is 78.5. The van der Waals surface area contributed by atoms with Crippen LogP contribution in [0.3, 0.4) is 0 Å². The Bertz CT molecular complexity index is 1000. The Hall–Kier alpha value is -1.07. The monoisotopic (exact) mass is 473 g/mol. The van der Waals surface area contributed by atoms with Crippen LogP contribution in [-0.2, 0) is 26.0 Å². The zero-order valence-corrected chi connectivity index (χ0v) is 16.5. The fourth-order valence-corrected chi connectivity index (χ4v) is 6.92. The van der Waals surface area contributed by atoms with Crippen LogP contribution in [0.25, 0.3) is 0 Å². The second-order valence-electron chi connectivity index (χ2n) is 5.03. The van der Waals surface area contributed by atoms with Gasteiger partial charge in [0.25, 0.3) is 26.0 Å². The van der Waals surface area contributed by atoms with Crippen LogP contribution in [0.2, 0.25) is 5.02 Å². The van der Waals surface area contributed by atoms with Crippen LogP contribution in [-0.4, -0.2) is 16.8 Å². The van der Waals surface area contributed by atoms with Gasteiger partial charge in [-0.1, -0.05) is 35.9 Å². The predicted octanol–water partition coefficient (Wildman–Crippen LogP) is 3.88. The van der Waals surface area contributed by atoms with Gasteiger partial charge in [0.05, 0.1) is 9.92 Å². The number of hydrogen-bond acceptors (Lipinski definition) is 4. The van der Waals surface area contributed by atoms with Crippen molar-refractivity contribution < 1.29 is 25.6 Å². The molecule has 0 fully saturated rings. The van der Waals surface area contributed by atoms with E-state index in [4.69, 9.17) is 11.6 Å². The number of sulfonamides is 2. The largest absolute Gasteiger partial charge is 0.271 e. The molecule has 2 aromatic carbocycles. The Morgan fingerprint density at radius 1 is 1.00 bits per heavy atom. The van der Waals surface area contributed by atoms with Crippen LogP contribution in [0, 0.1) is 0 Å². The van der Waals surface area contributed by atoms with Gasteiger partial charge in [0, 0.05) is 17.0 Å². The van der Waals surface area contributed by atoms with Crippen molar-refractivity contribution in [2.24, 2.45) is 0 Å². The van der Waals surface area contributed by atoms with E-state index in [0.717, 1.165) is 12.1 Å². The van der Waals surface area contributed by atoms with Gasteiger partial charge >= 0.3 is 0 Å². The van der Waals surface area contributed by atoms with Crippen molar-refractivity contribution in [1.29, 1.82) is 0 Å². The Kier molecular flexibility index (Phi) is 5.60. The molecule has 0 radical (unpaired) electrons. The first-order valence-electron chi connectivity index (χ1n) is 6.56. The summed E-state index contributed by atoms with van der Waals surface area (Å²) in [6.45, 7) is 0.514. The zero-order valence-electron chi connectivity index (χ0n) is 12.5. The number of hydrogen-bond donors (Lipinski definition) is 1. The molecule has 25 heavy (non-hydrogen) atoms. The predicted molar refractivity (Wildman–Crippen MR) is 92.7 cm³/mol. The molecule has 0 spiro atoms. The summed E-state index contributed by atoms with van der Waals surface area (Å²) in [7, 11) is -9.46. The third-order valence-electron chi connectivity index (χ3n) is 3.06. The van der Waals surface area contributed by atoms with Crippen molar-refractivity contribution in [3.63, 3.8) is 0 Å². The Morgan fingerprint density at radius 2 is 1.60 bits per heavy atom. The molecule has 11 heteroatoms. The van der Waals surface area contributed by atoms with Gasteiger partial charge in [-0.05, 0) is 34.1 Å². The van der Waals surface area contributed by atoms with Gasteiger partial charge in [-0.25, -0.2) is 25.6 Å². The van der Waals surface area contributed by atoms with Crippen molar-refractivity contribution >= 4 is 47.6 Å². The van der Waals surface area contributed by atoms with Crippen LogP contribution < -0.4 is 4.13 Å². The highest BCUT2D eigenvalue weighted by atomic mass is 79.9. The van der Waals surface area contributed by atoms with E-state index in [2.05, 4.69) is 15.9 Å². The molecule has 0 heterocycles. The average molecular weight is 475 g/mol. The summed E-state index contributed by atoms with van der Waals surface area (Å²) in [6.07, 6.45) is 0. The molecule has 0 saturated carbocycles. The van der Waals surface area contributed by atoms with Crippen molar-refractivity contribution in [2.45, 2.75) is 22.6 Å². The fourth-order valence-electron chi connectivity index (χ4n) is 2.03. The molecule has 0 aliphatic rings. The summed E-state index contributed by atoms with van der Waals surface area (Å²) >= 11 is 8.80. The Labute approximate surface area is 157 Å². The molecule has 1 N–H and O–H groups in total. The summed E-state index contributed by atoms with van der Waals surface area (Å²) in [6, 6.07) is 8.29. The lowest BCUT2D eigenvalue weighted by Crippen LogP contribution is -2.32. The van der Waals surface area contributed by atoms with Gasteiger partial charge in [-0.2, -0.15) is 0 Å². The number of halogens is 4. The second kappa shape index (κ2) is 6.92. The zero-order chi connectivity index (χ0) is 19.0. The van der Waals surface area contributed by atoms with Gasteiger partial charge in [0.15, 0.2) is 0 Å². The first kappa shape index (κ1) is 20.2. The molecule has 0 bridgehead atoms. The van der Waals surface area contributed by atoms with E-state index >= 15 is 0 Å². The standard InChI is InChI=1S/C14H11BrClF2NO4S2/c1-14(17,18)9-5-2-3-8-12(9)24(20,21)19-25(22,23)13-10(15)6-4-7-11(13)16/h2-8,19H,1H3. The van der Waals surface area contributed by atoms with Crippen LogP contribution in [0.4, 0.5) is 8.78 Å². The van der Waals surface area contributed by atoms with E-state index in [1.807, 2.05) is 0 Å². The second-order valence-corrected chi connectivity index (χ2v) is 9.82. The van der Waals surface area contributed by atoms with Crippen molar-refractivity contribution in [3.8, 4) is 0 Å². The highest BCUT2D eigenvalue weighted by molar-refractivity contribution is 9.10. The summed E-state index contributed by atoms with van der Waals surface area (Å²) in [5, 5.41) is -0.230. The molecular formula is C14H11BrClF2NO4S2.